The summed E-state index contributed by atoms with van der Waals surface area (Å²) in [5.41, 5.74) is 3.19. The van der Waals surface area contributed by atoms with Crippen molar-refractivity contribution in [1.29, 1.82) is 0 Å². The van der Waals surface area contributed by atoms with Crippen LogP contribution in [-0.4, -0.2) is 25.0 Å². The van der Waals surface area contributed by atoms with Gasteiger partial charge in [-0.3, -0.25) is 4.79 Å². The first kappa shape index (κ1) is 10.7. The minimum atomic E-state index is 0.696. The minimum absolute atomic E-state index is 0.696. The van der Waals surface area contributed by atoms with E-state index in [9.17, 15) is 4.79 Å². The Hall–Kier alpha value is -1.81. The lowest BCUT2D eigenvalue weighted by Gasteiger charge is -2.01. The second-order valence-electron chi connectivity index (χ2n) is 3.69. The summed E-state index contributed by atoms with van der Waals surface area (Å²) in [5.74, 6) is 0. The number of fused-ring (bicyclic) bond motifs is 1. The number of H-pyrrole nitrogens is 1. The van der Waals surface area contributed by atoms with Crippen molar-refractivity contribution in [2.45, 2.75) is 6.42 Å². The number of nitrogens with one attached hydrogen (secondary N) is 3. The smallest absolute Gasteiger partial charge is 0.211 e. The highest BCUT2D eigenvalue weighted by Crippen LogP contribution is 2.22. The summed E-state index contributed by atoms with van der Waals surface area (Å²) >= 11 is 0. The van der Waals surface area contributed by atoms with Crippen molar-refractivity contribution in [3.63, 3.8) is 0 Å². The van der Waals surface area contributed by atoms with Crippen molar-refractivity contribution in [3.8, 4) is 0 Å². The molecule has 2 rings (SSSR count). The van der Waals surface area contributed by atoms with Crippen LogP contribution in [-0.2, 0) is 11.2 Å². The Morgan fingerprint density at radius 2 is 2.31 bits per heavy atom. The number of benzene rings is 1. The van der Waals surface area contributed by atoms with Crippen LogP contribution in [0.15, 0.2) is 24.4 Å². The fourth-order valence-corrected chi connectivity index (χ4v) is 1.80. The highest BCUT2D eigenvalue weighted by atomic mass is 16.1. The Balaban J connectivity index is 2.35. The second kappa shape index (κ2) is 4.81. The lowest BCUT2D eigenvalue weighted by atomic mass is 10.1. The van der Waals surface area contributed by atoms with Crippen molar-refractivity contribution in [3.05, 3.63) is 30.0 Å². The third-order valence-corrected chi connectivity index (χ3v) is 2.64. The van der Waals surface area contributed by atoms with Gasteiger partial charge in [0, 0.05) is 22.8 Å². The van der Waals surface area contributed by atoms with Crippen molar-refractivity contribution >= 4 is 23.0 Å². The van der Waals surface area contributed by atoms with E-state index < -0.39 is 0 Å². The Bertz CT molecular complexity index is 490. The average molecular weight is 217 g/mol. The molecule has 4 heteroatoms. The van der Waals surface area contributed by atoms with Gasteiger partial charge >= 0.3 is 0 Å². The molecule has 2 aromatic rings. The summed E-state index contributed by atoms with van der Waals surface area (Å²) < 4.78 is 0. The molecule has 0 fully saturated rings. The van der Waals surface area contributed by atoms with E-state index in [1.165, 1.54) is 10.9 Å². The number of carbonyl (C=O) groups excluding carboxylic acids is 1. The summed E-state index contributed by atoms with van der Waals surface area (Å²) in [4.78, 5) is 13.6. The molecule has 1 amide bonds. The third-order valence-electron chi connectivity index (χ3n) is 2.64. The fourth-order valence-electron chi connectivity index (χ4n) is 1.80. The molecule has 0 saturated heterocycles. The molecule has 0 atom stereocenters. The maximum atomic E-state index is 10.4. The van der Waals surface area contributed by atoms with E-state index in [4.69, 9.17) is 0 Å². The van der Waals surface area contributed by atoms with Gasteiger partial charge in [-0.1, -0.05) is 0 Å². The molecule has 1 heterocycles. The van der Waals surface area contributed by atoms with E-state index in [1.54, 1.807) is 0 Å². The van der Waals surface area contributed by atoms with E-state index in [1.807, 2.05) is 31.4 Å². The molecule has 84 valence electrons. The normalized spacial score (nSPS) is 10.6. The first-order chi connectivity index (χ1) is 7.85. The summed E-state index contributed by atoms with van der Waals surface area (Å²) in [5, 5.41) is 6.96. The van der Waals surface area contributed by atoms with Crippen LogP contribution >= 0.6 is 0 Å². The number of hydrogen-bond acceptors (Lipinski definition) is 2. The number of likely N-dealkylation sites (N-methyl/N-ethyl adjacent to an activating group) is 1. The molecule has 1 aromatic heterocycles. The predicted octanol–water partition coefficient (Wildman–Crippen LogP) is 1.50. The van der Waals surface area contributed by atoms with Gasteiger partial charge < -0.3 is 15.6 Å². The second-order valence-corrected chi connectivity index (χ2v) is 3.69. The van der Waals surface area contributed by atoms with E-state index in [-0.39, 0.29) is 0 Å². The third kappa shape index (κ3) is 2.06. The van der Waals surface area contributed by atoms with Crippen LogP contribution in [0.4, 0.5) is 5.69 Å². The van der Waals surface area contributed by atoms with Gasteiger partial charge in [-0.2, -0.15) is 0 Å². The molecule has 3 N–H and O–H groups in total. The summed E-state index contributed by atoms with van der Waals surface area (Å²) in [7, 11) is 1.94. The van der Waals surface area contributed by atoms with Crippen LogP contribution in [0, 0.1) is 0 Å². The van der Waals surface area contributed by atoms with Gasteiger partial charge in [0.05, 0.1) is 0 Å². The molecular formula is C12H15N3O. The summed E-state index contributed by atoms with van der Waals surface area (Å²) in [6.45, 7) is 0.943. The number of aromatic nitrogens is 1. The number of carbonyl (C=O) groups is 1. The maximum Gasteiger partial charge on any atom is 0.211 e. The highest BCUT2D eigenvalue weighted by Gasteiger charge is 2.03. The zero-order valence-corrected chi connectivity index (χ0v) is 9.21. The number of anilines is 1. The van der Waals surface area contributed by atoms with Crippen molar-refractivity contribution in [1.82, 2.24) is 10.3 Å². The van der Waals surface area contributed by atoms with E-state index in [0.29, 0.717) is 6.41 Å². The molecule has 0 aliphatic carbocycles. The Kier molecular flexibility index (Phi) is 3.22. The van der Waals surface area contributed by atoms with Crippen LogP contribution in [0.1, 0.15) is 5.56 Å². The van der Waals surface area contributed by atoms with Gasteiger partial charge in [0.25, 0.3) is 0 Å². The molecule has 1 aromatic carbocycles. The van der Waals surface area contributed by atoms with Gasteiger partial charge in [-0.15, -0.1) is 0 Å². The molecule has 0 aliphatic rings. The lowest BCUT2D eigenvalue weighted by Crippen LogP contribution is -2.09. The van der Waals surface area contributed by atoms with Crippen LogP contribution in [0.25, 0.3) is 10.9 Å². The Labute approximate surface area is 94.0 Å². The Morgan fingerprint density at radius 1 is 1.44 bits per heavy atom. The van der Waals surface area contributed by atoms with Crippen molar-refractivity contribution in [2.24, 2.45) is 0 Å². The van der Waals surface area contributed by atoms with E-state index in [2.05, 4.69) is 15.6 Å². The molecule has 16 heavy (non-hydrogen) atoms. The molecule has 0 radical (unpaired) electrons. The summed E-state index contributed by atoms with van der Waals surface area (Å²) in [6.07, 6.45) is 3.69. The van der Waals surface area contributed by atoms with Crippen LogP contribution in [0.5, 0.6) is 0 Å². The molecule has 0 spiro atoms. The molecule has 0 saturated carbocycles. The molecular weight excluding hydrogens is 202 g/mol. The number of amides is 1. The quantitative estimate of drug-likeness (QED) is 0.665. The zero-order valence-electron chi connectivity index (χ0n) is 9.21. The Morgan fingerprint density at radius 3 is 3.06 bits per heavy atom. The standard InChI is InChI=1S/C12H15N3O/c1-13-5-4-9-7-14-12-3-2-10(15-8-16)6-11(9)12/h2-3,6-8,13-14H,4-5H2,1H3,(H,15,16). The van der Waals surface area contributed by atoms with E-state index >= 15 is 0 Å². The highest BCUT2D eigenvalue weighted by molar-refractivity contribution is 5.88. The molecule has 0 bridgehead atoms. The number of hydrogen-bond donors (Lipinski definition) is 3. The predicted molar refractivity (Wildman–Crippen MR) is 65.6 cm³/mol. The van der Waals surface area contributed by atoms with Crippen molar-refractivity contribution in [2.75, 3.05) is 18.9 Å². The van der Waals surface area contributed by atoms with Crippen LogP contribution in [0.2, 0.25) is 0 Å². The van der Waals surface area contributed by atoms with Crippen LogP contribution in [0.3, 0.4) is 0 Å². The SMILES string of the molecule is CNCCc1c[nH]c2ccc(NC=O)cc12. The van der Waals surface area contributed by atoms with Gasteiger partial charge in [-0.05, 0) is 43.8 Å². The minimum Gasteiger partial charge on any atom is -0.361 e. The monoisotopic (exact) mass is 217 g/mol. The topological polar surface area (TPSA) is 56.9 Å². The van der Waals surface area contributed by atoms with Gasteiger partial charge in [0.1, 0.15) is 0 Å². The van der Waals surface area contributed by atoms with Gasteiger partial charge in [-0.25, -0.2) is 0 Å². The fraction of sp³-hybridized carbons (Fsp3) is 0.250. The van der Waals surface area contributed by atoms with Gasteiger partial charge in [0.2, 0.25) is 6.41 Å². The summed E-state index contributed by atoms with van der Waals surface area (Å²) in [6, 6.07) is 5.85. The number of aromatic amines is 1. The zero-order chi connectivity index (χ0) is 11.4. The largest absolute Gasteiger partial charge is 0.361 e. The van der Waals surface area contributed by atoms with Crippen molar-refractivity contribution < 1.29 is 4.79 Å². The average Bonchev–Trinajstić information content (AvgIpc) is 2.69. The van der Waals surface area contributed by atoms with Crippen LogP contribution < -0.4 is 10.6 Å². The maximum absolute atomic E-state index is 10.4. The number of rotatable bonds is 5. The molecule has 0 aliphatic heterocycles. The van der Waals surface area contributed by atoms with E-state index in [0.717, 1.165) is 24.2 Å². The first-order valence-electron chi connectivity index (χ1n) is 5.30. The lowest BCUT2D eigenvalue weighted by molar-refractivity contribution is -0.105. The molecule has 0 unspecified atom stereocenters. The van der Waals surface area contributed by atoms with Gasteiger partial charge in [0.15, 0.2) is 0 Å². The molecule has 4 nitrogen and oxygen atoms in total. The first-order valence-corrected chi connectivity index (χ1v) is 5.30.